The van der Waals surface area contributed by atoms with Crippen molar-refractivity contribution < 1.29 is 4.39 Å². The Balaban J connectivity index is 1.99. The zero-order valence-corrected chi connectivity index (χ0v) is 14.1. The average Bonchev–Trinajstić information content (AvgIpc) is 2.78. The van der Waals surface area contributed by atoms with Gasteiger partial charge < -0.3 is 5.32 Å². The summed E-state index contributed by atoms with van der Waals surface area (Å²) in [7, 11) is 0. The molecule has 1 saturated heterocycles. The smallest absolute Gasteiger partial charge is 0.127 e. The van der Waals surface area contributed by atoms with Crippen LogP contribution in [0.5, 0.6) is 0 Å². The quantitative estimate of drug-likeness (QED) is 0.891. The minimum atomic E-state index is -0.109. The Morgan fingerprint density at radius 2 is 2.15 bits per heavy atom. The Labute approximate surface area is 129 Å². The molecular weight excluding hydrogens is 319 g/mol. The van der Waals surface area contributed by atoms with Gasteiger partial charge >= 0.3 is 0 Å². The zero-order chi connectivity index (χ0) is 14.8. The third kappa shape index (κ3) is 4.54. The summed E-state index contributed by atoms with van der Waals surface area (Å²) in [6.07, 6.45) is 2.39. The summed E-state index contributed by atoms with van der Waals surface area (Å²) in [6.45, 7) is 9.27. The van der Waals surface area contributed by atoms with Crippen molar-refractivity contribution in [1.29, 1.82) is 0 Å². The van der Waals surface area contributed by atoms with E-state index in [0.717, 1.165) is 23.1 Å². The van der Waals surface area contributed by atoms with Crippen LogP contribution in [0.15, 0.2) is 22.7 Å². The summed E-state index contributed by atoms with van der Waals surface area (Å²) in [6, 6.07) is 5.69. The fourth-order valence-electron chi connectivity index (χ4n) is 2.64. The molecule has 1 fully saturated rings. The van der Waals surface area contributed by atoms with E-state index in [2.05, 4.69) is 46.9 Å². The van der Waals surface area contributed by atoms with E-state index >= 15 is 0 Å². The summed E-state index contributed by atoms with van der Waals surface area (Å²) in [4.78, 5) is 2.39. The van der Waals surface area contributed by atoms with E-state index < -0.39 is 0 Å². The standard InChI is InChI=1S/C16H24BrFN2/c1-16(2,3)19-10-14-5-4-8-20(14)11-12-9-13(17)6-7-15(12)18/h6-7,9,14,19H,4-5,8,10-11H2,1-3H3. The van der Waals surface area contributed by atoms with Crippen molar-refractivity contribution in [3.05, 3.63) is 34.1 Å². The number of likely N-dealkylation sites (tertiary alicyclic amines) is 1. The first kappa shape index (κ1) is 15.9. The number of rotatable bonds is 4. The maximum absolute atomic E-state index is 13.9. The van der Waals surface area contributed by atoms with Crippen LogP contribution < -0.4 is 5.32 Å². The molecule has 2 nitrogen and oxygen atoms in total. The Morgan fingerprint density at radius 1 is 1.40 bits per heavy atom. The molecule has 1 heterocycles. The summed E-state index contributed by atoms with van der Waals surface area (Å²) < 4.78 is 14.8. The third-order valence-corrected chi connectivity index (χ3v) is 4.24. The summed E-state index contributed by atoms with van der Waals surface area (Å²) in [5.74, 6) is -0.109. The minimum Gasteiger partial charge on any atom is -0.311 e. The van der Waals surface area contributed by atoms with Crippen LogP contribution in [0.2, 0.25) is 0 Å². The van der Waals surface area contributed by atoms with Crippen LogP contribution in [0.25, 0.3) is 0 Å². The topological polar surface area (TPSA) is 15.3 Å². The molecule has 0 amide bonds. The van der Waals surface area contributed by atoms with E-state index in [4.69, 9.17) is 0 Å². The number of nitrogens with zero attached hydrogens (tertiary/aromatic N) is 1. The molecule has 0 bridgehead atoms. The SMILES string of the molecule is CC(C)(C)NCC1CCCN1Cc1cc(Br)ccc1F. The van der Waals surface area contributed by atoms with Crippen LogP contribution in [-0.2, 0) is 6.54 Å². The normalized spacial score (nSPS) is 20.6. The number of hydrogen-bond donors (Lipinski definition) is 1. The van der Waals surface area contributed by atoms with Crippen molar-refractivity contribution in [2.45, 2.75) is 51.7 Å². The highest BCUT2D eigenvalue weighted by atomic mass is 79.9. The van der Waals surface area contributed by atoms with Crippen molar-refractivity contribution in [3.63, 3.8) is 0 Å². The lowest BCUT2D eigenvalue weighted by atomic mass is 10.1. The van der Waals surface area contributed by atoms with Crippen LogP contribution in [0.1, 0.15) is 39.2 Å². The monoisotopic (exact) mass is 342 g/mol. The molecule has 0 aliphatic carbocycles. The van der Waals surface area contributed by atoms with E-state index in [1.165, 1.54) is 18.9 Å². The Morgan fingerprint density at radius 3 is 2.85 bits per heavy atom. The lowest BCUT2D eigenvalue weighted by molar-refractivity contribution is 0.223. The van der Waals surface area contributed by atoms with Crippen LogP contribution in [0, 0.1) is 5.82 Å². The van der Waals surface area contributed by atoms with E-state index in [1.807, 2.05) is 6.07 Å². The first-order valence-corrected chi connectivity index (χ1v) is 8.07. The third-order valence-electron chi connectivity index (χ3n) is 3.75. The number of benzene rings is 1. The van der Waals surface area contributed by atoms with Gasteiger partial charge in [-0.25, -0.2) is 4.39 Å². The van der Waals surface area contributed by atoms with Crippen molar-refractivity contribution in [2.24, 2.45) is 0 Å². The lowest BCUT2D eigenvalue weighted by Crippen LogP contribution is -2.45. The molecule has 0 spiro atoms. The molecule has 0 radical (unpaired) electrons. The van der Waals surface area contributed by atoms with Gasteiger partial charge in [0.25, 0.3) is 0 Å². The summed E-state index contributed by atoms with van der Waals surface area (Å²) >= 11 is 3.42. The van der Waals surface area contributed by atoms with Crippen molar-refractivity contribution in [2.75, 3.05) is 13.1 Å². The Hall–Kier alpha value is -0.450. The maximum atomic E-state index is 13.9. The second kappa shape index (κ2) is 6.54. The van der Waals surface area contributed by atoms with Gasteiger partial charge in [-0.2, -0.15) is 0 Å². The second-order valence-corrected chi connectivity index (χ2v) is 7.55. The van der Waals surface area contributed by atoms with Crippen LogP contribution in [0.4, 0.5) is 4.39 Å². The molecule has 20 heavy (non-hydrogen) atoms. The summed E-state index contributed by atoms with van der Waals surface area (Å²) in [5.41, 5.74) is 0.914. The Kier molecular flexibility index (Phi) is 5.21. The average molecular weight is 343 g/mol. The molecule has 4 heteroatoms. The van der Waals surface area contributed by atoms with Crippen molar-refractivity contribution >= 4 is 15.9 Å². The fraction of sp³-hybridized carbons (Fsp3) is 0.625. The van der Waals surface area contributed by atoms with Gasteiger partial charge in [-0.15, -0.1) is 0 Å². The molecule has 0 saturated carbocycles. The molecule has 1 aliphatic heterocycles. The van der Waals surface area contributed by atoms with Crippen molar-refractivity contribution in [3.8, 4) is 0 Å². The Bertz CT molecular complexity index is 456. The van der Waals surface area contributed by atoms with Gasteiger partial charge in [-0.05, 0) is 58.4 Å². The highest BCUT2D eigenvalue weighted by Crippen LogP contribution is 2.23. The molecule has 1 aromatic rings. The molecule has 1 N–H and O–H groups in total. The van der Waals surface area contributed by atoms with Gasteiger partial charge in [-0.3, -0.25) is 4.90 Å². The van der Waals surface area contributed by atoms with E-state index in [9.17, 15) is 4.39 Å². The molecule has 1 aromatic carbocycles. The predicted octanol–water partition coefficient (Wildman–Crippen LogP) is 3.94. The molecule has 1 unspecified atom stereocenters. The van der Waals surface area contributed by atoms with Crippen molar-refractivity contribution in [1.82, 2.24) is 10.2 Å². The van der Waals surface area contributed by atoms with Gasteiger partial charge in [0.1, 0.15) is 5.82 Å². The van der Waals surface area contributed by atoms with Gasteiger partial charge in [-0.1, -0.05) is 15.9 Å². The van der Waals surface area contributed by atoms with Gasteiger partial charge in [0.15, 0.2) is 0 Å². The lowest BCUT2D eigenvalue weighted by Gasteiger charge is -2.29. The number of halogens is 2. The molecule has 0 aromatic heterocycles. The first-order valence-electron chi connectivity index (χ1n) is 7.28. The zero-order valence-electron chi connectivity index (χ0n) is 12.5. The highest BCUT2D eigenvalue weighted by molar-refractivity contribution is 9.10. The number of hydrogen-bond acceptors (Lipinski definition) is 2. The highest BCUT2D eigenvalue weighted by Gasteiger charge is 2.26. The van der Waals surface area contributed by atoms with Crippen LogP contribution in [0.3, 0.4) is 0 Å². The molecular formula is C16H24BrFN2. The molecule has 112 valence electrons. The first-order chi connectivity index (χ1) is 9.35. The van der Waals surface area contributed by atoms with Gasteiger partial charge in [0.2, 0.25) is 0 Å². The fourth-order valence-corrected chi connectivity index (χ4v) is 3.05. The molecule has 2 rings (SSSR count). The maximum Gasteiger partial charge on any atom is 0.127 e. The van der Waals surface area contributed by atoms with E-state index in [-0.39, 0.29) is 11.4 Å². The largest absolute Gasteiger partial charge is 0.311 e. The minimum absolute atomic E-state index is 0.109. The second-order valence-electron chi connectivity index (χ2n) is 6.63. The van der Waals surface area contributed by atoms with Gasteiger partial charge in [0.05, 0.1) is 0 Å². The van der Waals surface area contributed by atoms with E-state index in [1.54, 1.807) is 6.07 Å². The van der Waals surface area contributed by atoms with Gasteiger partial charge in [0, 0.05) is 34.7 Å². The number of nitrogens with one attached hydrogen (secondary N) is 1. The molecule has 1 atom stereocenters. The van der Waals surface area contributed by atoms with E-state index in [0.29, 0.717) is 12.6 Å². The summed E-state index contributed by atoms with van der Waals surface area (Å²) in [5, 5.41) is 3.56. The van der Waals surface area contributed by atoms with Crippen LogP contribution in [-0.4, -0.2) is 29.6 Å². The van der Waals surface area contributed by atoms with Crippen LogP contribution >= 0.6 is 15.9 Å². The molecule has 1 aliphatic rings. The predicted molar refractivity (Wildman–Crippen MR) is 85.3 cm³/mol.